The van der Waals surface area contributed by atoms with Gasteiger partial charge in [-0.2, -0.15) is 0 Å². The molecule has 0 amide bonds. The number of benzene rings is 1. The van der Waals surface area contributed by atoms with Crippen molar-refractivity contribution in [2.45, 2.75) is 33.2 Å². The first-order valence-corrected chi connectivity index (χ1v) is 8.12. The van der Waals surface area contributed by atoms with Crippen molar-refractivity contribution in [1.29, 1.82) is 0 Å². The van der Waals surface area contributed by atoms with Crippen LogP contribution in [0.5, 0.6) is 0 Å². The van der Waals surface area contributed by atoms with Crippen molar-refractivity contribution in [2.24, 2.45) is 11.7 Å². The van der Waals surface area contributed by atoms with Gasteiger partial charge in [0.15, 0.2) is 0 Å². The summed E-state index contributed by atoms with van der Waals surface area (Å²) in [6.07, 6.45) is 2.47. The maximum Gasteiger partial charge on any atom is 0.226 e. The normalized spacial score (nSPS) is 19.5. The summed E-state index contributed by atoms with van der Waals surface area (Å²) in [6.45, 7) is 7.94. The van der Waals surface area contributed by atoms with Gasteiger partial charge in [-0.25, -0.2) is 4.98 Å². The molecule has 1 aliphatic rings. The Morgan fingerprint density at radius 1 is 1.32 bits per heavy atom. The Labute approximate surface area is 132 Å². The van der Waals surface area contributed by atoms with Crippen LogP contribution in [-0.2, 0) is 6.54 Å². The Hall–Kier alpha value is -1.65. The molecule has 1 saturated heterocycles. The van der Waals surface area contributed by atoms with Crippen LogP contribution in [0.15, 0.2) is 28.7 Å². The Morgan fingerprint density at radius 3 is 2.91 bits per heavy atom. The molecule has 1 aromatic carbocycles. The quantitative estimate of drug-likeness (QED) is 0.942. The zero-order chi connectivity index (χ0) is 15.5. The lowest BCUT2D eigenvalue weighted by molar-refractivity contribution is 0.169. The summed E-state index contributed by atoms with van der Waals surface area (Å²) in [5.41, 5.74) is 9.15. The van der Waals surface area contributed by atoms with E-state index in [0.717, 1.165) is 49.1 Å². The van der Waals surface area contributed by atoms with Crippen LogP contribution in [0.25, 0.3) is 11.5 Å². The first-order chi connectivity index (χ1) is 10.7. The van der Waals surface area contributed by atoms with Gasteiger partial charge in [-0.05, 0) is 57.3 Å². The molecule has 1 aliphatic heterocycles. The van der Waals surface area contributed by atoms with Gasteiger partial charge in [-0.15, -0.1) is 0 Å². The zero-order valence-electron chi connectivity index (χ0n) is 13.5. The fourth-order valence-corrected chi connectivity index (χ4v) is 3.20. The fraction of sp³-hybridized carbons (Fsp3) is 0.500. The van der Waals surface area contributed by atoms with E-state index in [0.29, 0.717) is 5.92 Å². The third-order valence-corrected chi connectivity index (χ3v) is 4.58. The van der Waals surface area contributed by atoms with Gasteiger partial charge < -0.3 is 10.2 Å². The van der Waals surface area contributed by atoms with Crippen molar-refractivity contribution in [3.05, 3.63) is 41.3 Å². The highest BCUT2D eigenvalue weighted by molar-refractivity contribution is 5.58. The average molecular weight is 299 g/mol. The third kappa shape index (κ3) is 3.23. The van der Waals surface area contributed by atoms with Crippen molar-refractivity contribution < 1.29 is 4.42 Å². The Balaban J connectivity index is 1.77. The topological polar surface area (TPSA) is 55.3 Å². The number of hydrogen-bond acceptors (Lipinski definition) is 4. The van der Waals surface area contributed by atoms with E-state index in [1.165, 1.54) is 18.4 Å². The molecule has 2 N–H and O–H groups in total. The van der Waals surface area contributed by atoms with Gasteiger partial charge in [-0.1, -0.05) is 18.2 Å². The first kappa shape index (κ1) is 15.3. The smallest absolute Gasteiger partial charge is 0.226 e. The molecule has 0 radical (unpaired) electrons. The summed E-state index contributed by atoms with van der Waals surface area (Å²) in [5, 5.41) is 0. The number of likely N-dealkylation sites (tertiary alicyclic amines) is 1. The molecule has 4 heteroatoms. The highest BCUT2D eigenvalue weighted by Crippen LogP contribution is 2.26. The summed E-state index contributed by atoms with van der Waals surface area (Å²) >= 11 is 0. The lowest BCUT2D eigenvalue weighted by atomic mass is 9.98. The fourth-order valence-electron chi connectivity index (χ4n) is 3.20. The van der Waals surface area contributed by atoms with Gasteiger partial charge in [0, 0.05) is 18.7 Å². The molecule has 1 fully saturated rings. The second kappa shape index (κ2) is 6.63. The van der Waals surface area contributed by atoms with Crippen LogP contribution in [0.1, 0.15) is 29.9 Å². The van der Waals surface area contributed by atoms with E-state index in [1.807, 2.05) is 19.1 Å². The number of nitrogens with zero attached hydrogens (tertiary/aromatic N) is 2. The number of oxazole rings is 1. The van der Waals surface area contributed by atoms with E-state index in [9.17, 15) is 0 Å². The lowest BCUT2D eigenvalue weighted by Gasteiger charge is -2.31. The molecule has 0 bridgehead atoms. The largest absolute Gasteiger partial charge is 0.441 e. The van der Waals surface area contributed by atoms with E-state index in [2.05, 4.69) is 24.0 Å². The molecule has 3 rings (SSSR count). The van der Waals surface area contributed by atoms with Crippen LogP contribution < -0.4 is 5.73 Å². The van der Waals surface area contributed by atoms with Gasteiger partial charge in [-0.3, -0.25) is 4.90 Å². The van der Waals surface area contributed by atoms with Crippen molar-refractivity contribution >= 4 is 0 Å². The minimum atomic E-state index is 0.622. The van der Waals surface area contributed by atoms with Crippen LogP contribution in [0.3, 0.4) is 0 Å². The molecule has 0 aliphatic carbocycles. The number of nitrogens with two attached hydrogens (primary N) is 1. The van der Waals surface area contributed by atoms with E-state index >= 15 is 0 Å². The molecule has 2 aromatic rings. The van der Waals surface area contributed by atoms with Crippen LogP contribution in [0.4, 0.5) is 0 Å². The molecule has 0 unspecified atom stereocenters. The molecule has 22 heavy (non-hydrogen) atoms. The molecule has 0 spiro atoms. The van der Waals surface area contributed by atoms with E-state index in [1.54, 1.807) is 0 Å². The van der Waals surface area contributed by atoms with Gasteiger partial charge in [0.25, 0.3) is 0 Å². The highest BCUT2D eigenvalue weighted by atomic mass is 16.4. The van der Waals surface area contributed by atoms with Gasteiger partial charge >= 0.3 is 0 Å². The Kier molecular flexibility index (Phi) is 4.60. The van der Waals surface area contributed by atoms with Crippen molar-refractivity contribution in [3.63, 3.8) is 0 Å². The average Bonchev–Trinajstić information content (AvgIpc) is 2.89. The third-order valence-electron chi connectivity index (χ3n) is 4.58. The second-order valence-electron chi connectivity index (χ2n) is 6.32. The van der Waals surface area contributed by atoms with Gasteiger partial charge in [0.2, 0.25) is 5.89 Å². The van der Waals surface area contributed by atoms with Crippen molar-refractivity contribution in [2.75, 3.05) is 19.6 Å². The summed E-state index contributed by atoms with van der Waals surface area (Å²) < 4.78 is 5.91. The maximum absolute atomic E-state index is 5.91. The predicted molar refractivity (Wildman–Crippen MR) is 88.5 cm³/mol. The van der Waals surface area contributed by atoms with E-state index < -0.39 is 0 Å². The predicted octanol–water partition coefficient (Wildman–Crippen LogP) is 3.13. The van der Waals surface area contributed by atoms with Gasteiger partial charge in [0.1, 0.15) is 5.76 Å². The molecular weight excluding hydrogens is 274 g/mol. The summed E-state index contributed by atoms with van der Waals surface area (Å²) in [4.78, 5) is 7.20. The Bertz CT molecular complexity index is 635. The monoisotopic (exact) mass is 299 g/mol. The number of piperidine rings is 1. The SMILES string of the molecule is Cc1ccccc1-c1nc(CN2CCC[C@H](CN)C2)c(C)o1. The van der Waals surface area contributed by atoms with E-state index in [4.69, 9.17) is 15.1 Å². The molecule has 1 aromatic heterocycles. The van der Waals surface area contributed by atoms with Crippen molar-refractivity contribution in [1.82, 2.24) is 9.88 Å². The number of aryl methyl sites for hydroxylation is 2. The second-order valence-corrected chi connectivity index (χ2v) is 6.32. The van der Waals surface area contributed by atoms with E-state index in [-0.39, 0.29) is 0 Å². The Morgan fingerprint density at radius 2 is 2.14 bits per heavy atom. The molecule has 0 saturated carbocycles. The minimum absolute atomic E-state index is 0.622. The van der Waals surface area contributed by atoms with Crippen molar-refractivity contribution in [3.8, 4) is 11.5 Å². The number of aromatic nitrogens is 1. The molecule has 118 valence electrons. The van der Waals surface area contributed by atoms with Crippen LogP contribution in [0, 0.1) is 19.8 Å². The maximum atomic E-state index is 5.91. The minimum Gasteiger partial charge on any atom is -0.441 e. The highest BCUT2D eigenvalue weighted by Gasteiger charge is 2.21. The standard InChI is InChI=1S/C18H25N3O/c1-13-6-3-4-8-16(13)18-20-17(14(2)22-18)12-21-9-5-7-15(10-19)11-21/h3-4,6,8,15H,5,7,9-12,19H2,1-2H3/t15-/m1/s1. The first-order valence-electron chi connectivity index (χ1n) is 8.12. The summed E-state index contributed by atoms with van der Waals surface area (Å²) in [5.74, 6) is 2.28. The molecular formula is C18H25N3O. The molecule has 2 heterocycles. The zero-order valence-corrected chi connectivity index (χ0v) is 13.5. The number of rotatable bonds is 4. The number of hydrogen-bond donors (Lipinski definition) is 1. The van der Waals surface area contributed by atoms with Crippen LogP contribution in [-0.4, -0.2) is 29.5 Å². The molecule has 1 atom stereocenters. The molecule has 4 nitrogen and oxygen atoms in total. The summed E-state index contributed by atoms with van der Waals surface area (Å²) in [7, 11) is 0. The van der Waals surface area contributed by atoms with Crippen LogP contribution >= 0.6 is 0 Å². The van der Waals surface area contributed by atoms with Crippen LogP contribution in [0.2, 0.25) is 0 Å². The lowest BCUT2D eigenvalue weighted by Crippen LogP contribution is -2.38. The van der Waals surface area contributed by atoms with Gasteiger partial charge in [0.05, 0.1) is 5.69 Å². The summed E-state index contributed by atoms with van der Waals surface area (Å²) in [6, 6.07) is 8.22.